The number of hydrogen-bond donors (Lipinski definition) is 0. The van der Waals surface area contributed by atoms with E-state index in [1.54, 1.807) is 4.80 Å². The Labute approximate surface area is 228 Å². The van der Waals surface area contributed by atoms with Crippen LogP contribution < -0.4 is 0 Å². The molecule has 1 aliphatic carbocycles. The van der Waals surface area contributed by atoms with Crippen LogP contribution in [-0.2, 0) is 15.1 Å². The highest BCUT2D eigenvalue weighted by molar-refractivity contribution is 5.61. The van der Waals surface area contributed by atoms with Gasteiger partial charge in [-0.15, -0.1) is 15.0 Å². The highest BCUT2D eigenvalue weighted by Gasteiger charge is 2.41. The molecule has 0 saturated heterocycles. The number of benzene rings is 4. The Hall–Kier alpha value is -4.58. The van der Waals surface area contributed by atoms with Crippen LogP contribution in [0.25, 0.3) is 11.4 Å². The Balaban J connectivity index is 1.48. The maximum absolute atomic E-state index is 10.8. The van der Waals surface area contributed by atoms with Crippen LogP contribution in [0.15, 0.2) is 115 Å². The Bertz CT molecular complexity index is 1410. The van der Waals surface area contributed by atoms with Gasteiger partial charge in [-0.3, -0.25) is 4.79 Å². The van der Waals surface area contributed by atoms with Gasteiger partial charge in [0.05, 0.1) is 0 Å². The Morgan fingerprint density at radius 2 is 1.21 bits per heavy atom. The maximum atomic E-state index is 10.8. The van der Waals surface area contributed by atoms with Crippen molar-refractivity contribution in [2.45, 2.75) is 43.2 Å². The molecule has 0 N–H and O–H groups in total. The van der Waals surface area contributed by atoms with Crippen molar-refractivity contribution in [3.05, 3.63) is 138 Å². The van der Waals surface area contributed by atoms with E-state index in [9.17, 15) is 4.79 Å². The first-order valence-corrected chi connectivity index (χ1v) is 13.5. The zero-order valence-electron chi connectivity index (χ0n) is 21.6. The van der Waals surface area contributed by atoms with E-state index in [0.717, 1.165) is 47.9 Å². The molecule has 5 aromatic rings. The number of nitrogens with zero attached hydrogens (tertiary/aromatic N) is 4. The molecule has 194 valence electrons. The van der Waals surface area contributed by atoms with Gasteiger partial charge in [0, 0.05) is 5.56 Å². The number of rotatable bonds is 8. The van der Waals surface area contributed by atoms with E-state index in [-0.39, 0.29) is 6.10 Å². The van der Waals surface area contributed by atoms with Crippen molar-refractivity contribution in [1.29, 1.82) is 0 Å². The third-order valence-electron chi connectivity index (χ3n) is 7.85. The summed E-state index contributed by atoms with van der Waals surface area (Å²) in [6.07, 6.45) is 3.62. The van der Waals surface area contributed by atoms with Crippen molar-refractivity contribution in [3.63, 3.8) is 0 Å². The van der Waals surface area contributed by atoms with Gasteiger partial charge in [-0.05, 0) is 59.1 Å². The first kappa shape index (κ1) is 24.7. The molecule has 1 heterocycles. The second-order valence-corrected chi connectivity index (χ2v) is 10.0. The van der Waals surface area contributed by atoms with E-state index in [0.29, 0.717) is 18.2 Å². The summed E-state index contributed by atoms with van der Waals surface area (Å²) < 4.78 is 5.23. The molecule has 4 aromatic carbocycles. The van der Waals surface area contributed by atoms with E-state index in [2.05, 4.69) is 59.7 Å². The van der Waals surface area contributed by atoms with Crippen molar-refractivity contribution in [2.75, 3.05) is 0 Å². The van der Waals surface area contributed by atoms with Crippen LogP contribution in [0.3, 0.4) is 0 Å². The normalized spacial score (nSPS) is 17.4. The molecule has 1 aliphatic rings. The van der Waals surface area contributed by atoms with Gasteiger partial charge in [-0.2, -0.15) is 0 Å². The van der Waals surface area contributed by atoms with E-state index < -0.39 is 5.54 Å². The van der Waals surface area contributed by atoms with Gasteiger partial charge in [0.25, 0.3) is 6.47 Å². The minimum atomic E-state index is -0.811. The summed E-state index contributed by atoms with van der Waals surface area (Å²) in [4.78, 5) is 12.6. The van der Waals surface area contributed by atoms with E-state index in [1.807, 2.05) is 60.7 Å². The summed E-state index contributed by atoms with van der Waals surface area (Å²) in [5.41, 5.74) is 4.54. The predicted molar refractivity (Wildman–Crippen MR) is 150 cm³/mol. The summed E-state index contributed by atoms with van der Waals surface area (Å²) in [5.74, 6) is 0.950. The standard InChI is InChI=1S/C33H30N4O2/c38-24-39-29-22-20-25(21-23-29)30-18-10-11-19-31(30)32-34-36-37(35-32)33(26-12-4-1-5-13-26,27-14-6-2-7-15-27)28-16-8-3-9-17-28/h1-19,24-25,29H,20-23H2. The summed E-state index contributed by atoms with van der Waals surface area (Å²) in [6, 6.07) is 39.4. The summed E-state index contributed by atoms with van der Waals surface area (Å²) in [5, 5.41) is 14.5. The number of hydrogen-bond acceptors (Lipinski definition) is 5. The molecule has 1 saturated carbocycles. The topological polar surface area (TPSA) is 69.9 Å². The molecule has 1 fully saturated rings. The van der Waals surface area contributed by atoms with Crippen LogP contribution in [0, 0.1) is 0 Å². The number of ether oxygens (including phenoxy) is 1. The molecule has 0 aliphatic heterocycles. The molecule has 39 heavy (non-hydrogen) atoms. The lowest BCUT2D eigenvalue weighted by atomic mass is 9.77. The van der Waals surface area contributed by atoms with Gasteiger partial charge in [0.15, 0.2) is 5.54 Å². The number of aromatic nitrogens is 4. The van der Waals surface area contributed by atoms with E-state index in [4.69, 9.17) is 15.0 Å². The molecule has 0 radical (unpaired) electrons. The average Bonchev–Trinajstić information content (AvgIpc) is 3.50. The van der Waals surface area contributed by atoms with E-state index >= 15 is 0 Å². The number of tetrazole rings is 1. The molecule has 0 atom stereocenters. The quantitative estimate of drug-likeness (QED) is 0.178. The van der Waals surface area contributed by atoms with Gasteiger partial charge in [0.2, 0.25) is 5.82 Å². The maximum Gasteiger partial charge on any atom is 0.293 e. The van der Waals surface area contributed by atoms with E-state index in [1.165, 1.54) is 5.56 Å². The van der Waals surface area contributed by atoms with Crippen LogP contribution in [0.2, 0.25) is 0 Å². The fourth-order valence-electron chi connectivity index (χ4n) is 5.99. The van der Waals surface area contributed by atoms with Crippen molar-refractivity contribution in [3.8, 4) is 11.4 Å². The predicted octanol–water partition coefficient (Wildman–Crippen LogP) is 6.38. The van der Waals surface area contributed by atoms with Crippen LogP contribution in [0.1, 0.15) is 53.9 Å². The first-order chi connectivity index (χ1) is 19.3. The molecule has 0 amide bonds. The second-order valence-electron chi connectivity index (χ2n) is 10.0. The Kier molecular flexibility index (Phi) is 7.00. The minimum Gasteiger partial charge on any atom is -0.465 e. The van der Waals surface area contributed by atoms with Gasteiger partial charge in [-0.1, -0.05) is 115 Å². The fourth-order valence-corrected chi connectivity index (χ4v) is 5.99. The molecule has 6 rings (SSSR count). The number of carbonyl (C=O) groups excluding carboxylic acids is 1. The van der Waals surface area contributed by atoms with Crippen LogP contribution >= 0.6 is 0 Å². The molecule has 6 nitrogen and oxygen atoms in total. The zero-order chi connectivity index (χ0) is 26.5. The highest BCUT2D eigenvalue weighted by atomic mass is 16.5. The lowest BCUT2D eigenvalue weighted by Gasteiger charge is -2.34. The Morgan fingerprint density at radius 3 is 1.74 bits per heavy atom. The SMILES string of the molecule is O=COC1CCC(c2ccccc2-c2nnn(C(c3ccccc3)(c3ccccc3)c3ccccc3)n2)CC1. The lowest BCUT2D eigenvalue weighted by Crippen LogP contribution is -2.39. The third kappa shape index (κ3) is 4.63. The van der Waals surface area contributed by atoms with Crippen molar-refractivity contribution < 1.29 is 9.53 Å². The molecule has 0 bridgehead atoms. The smallest absolute Gasteiger partial charge is 0.293 e. The van der Waals surface area contributed by atoms with Gasteiger partial charge in [0.1, 0.15) is 6.10 Å². The Morgan fingerprint density at radius 1 is 0.692 bits per heavy atom. The fraction of sp³-hybridized carbons (Fsp3) is 0.212. The molecular formula is C33H30N4O2. The lowest BCUT2D eigenvalue weighted by molar-refractivity contribution is -0.135. The number of carbonyl (C=O) groups is 1. The molecule has 0 spiro atoms. The largest absolute Gasteiger partial charge is 0.465 e. The van der Waals surface area contributed by atoms with Gasteiger partial charge < -0.3 is 4.74 Å². The molecule has 1 aromatic heterocycles. The molecule has 0 unspecified atom stereocenters. The highest BCUT2D eigenvalue weighted by Crippen LogP contribution is 2.41. The average molecular weight is 515 g/mol. The summed E-state index contributed by atoms with van der Waals surface area (Å²) in [7, 11) is 0. The first-order valence-electron chi connectivity index (χ1n) is 13.5. The third-order valence-corrected chi connectivity index (χ3v) is 7.85. The monoisotopic (exact) mass is 514 g/mol. The van der Waals surface area contributed by atoms with Crippen LogP contribution in [0.5, 0.6) is 0 Å². The van der Waals surface area contributed by atoms with Gasteiger partial charge in [-0.25, -0.2) is 0 Å². The summed E-state index contributed by atoms with van der Waals surface area (Å²) in [6.45, 7) is 0.569. The van der Waals surface area contributed by atoms with Crippen molar-refractivity contribution in [1.82, 2.24) is 20.2 Å². The molecule has 6 heteroatoms. The van der Waals surface area contributed by atoms with Crippen molar-refractivity contribution >= 4 is 6.47 Å². The van der Waals surface area contributed by atoms with Crippen LogP contribution in [0.4, 0.5) is 0 Å². The second kappa shape index (κ2) is 11.0. The molecular weight excluding hydrogens is 484 g/mol. The van der Waals surface area contributed by atoms with Gasteiger partial charge >= 0.3 is 0 Å². The van der Waals surface area contributed by atoms with Crippen molar-refractivity contribution in [2.24, 2.45) is 0 Å². The minimum absolute atomic E-state index is 0.00754. The summed E-state index contributed by atoms with van der Waals surface area (Å²) >= 11 is 0. The zero-order valence-corrected chi connectivity index (χ0v) is 21.6. The van der Waals surface area contributed by atoms with Crippen LogP contribution in [-0.4, -0.2) is 32.8 Å².